The van der Waals surface area contributed by atoms with E-state index in [0.29, 0.717) is 6.04 Å². The number of hydrogen-bond donors (Lipinski definition) is 1. The number of carbonyl (C=O) groups is 1. The lowest BCUT2D eigenvalue weighted by Gasteiger charge is -2.29. The monoisotopic (exact) mass is 184 g/mol. The number of hydrogen-bond acceptors (Lipinski definition) is 4. The number of rotatable bonds is 1. The Morgan fingerprint density at radius 1 is 1.62 bits per heavy atom. The summed E-state index contributed by atoms with van der Waals surface area (Å²) in [6.07, 6.45) is 0.958. The van der Waals surface area contributed by atoms with Crippen LogP contribution in [0.2, 0.25) is 0 Å². The third-order valence-electron chi connectivity index (χ3n) is 3.02. The summed E-state index contributed by atoms with van der Waals surface area (Å²) in [5.41, 5.74) is 0. The second kappa shape index (κ2) is 3.64. The number of fused-ring (bicyclic) bond motifs is 1. The summed E-state index contributed by atoms with van der Waals surface area (Å²) in [5.74, 6) is 0.0595. The standard InChI is InChI=1S/C9H16N2O2/c1-13-9(12)7-4-8-5-10-2-3-11(8)6-7/h7-8,10H,2-6H2,1H3/t7-,8+/m1/s1. The van der Waals surface area contributed by atoms with E-state index in [2.05, 4.69) is 10.2 Å². The minimum absolute atomic E-state index is 0.0469. The van der Waals surface area contributed by atoms with Gasteiger partial charge >= 0.3 is 5.97 Å². The smallest absolute Gasteiger partial charge is 0.310 e. The van der Waals surface area contributed by atoms with E-state index in [1.54, 1.807) is 0 Å². The van der Waals surface area contributed by atoms with Gasteiger partial charge < -0.3 is 10.1 Å². The molecule has 2 aliphatic heterocycles. The molecule has 0 bridgehead atoms. The fraction of sp³-hybridized carbons (Fsp3) is 0.889. The summed E-state index contributed by atoms with van der Waals surface area (Å²) in [5, 5.41) is 3.34. The van der Waals surface area contributed by atoms with Gasteiger partial charge in [-0.25, -0.2) is 0 Å². The van der Waals surface area contributed by atoms with Crippen molar-refractivity contribution in [3.63, 3.8) is 0 Å². The van der Waals surface area contributed by atoms with Crippen LogP contribution in [0.4, 0.5) is 0 Å². The van der Waals surface area contributed by atoms with Crippen molar-refractivity contribution in [2.24, 2.45) is 5.92 Å². The zero-order chi connectivity index (χ0) is 9.26. The van der Waals surface area contributed by atoms with E-state index in [4.69, 9.17) is 4.74 Å². The highest BCUT2D eigenvalue weighted by Gasteiger charge is 2.37. The molecule has 0 aliphatic carbocycles. The van der Waals surface area contributed by atoms with Gasteiger partial charge in [0.15, 0.2) is 0 Å². The predicted molar refractivity (Wildman–Crippen MR) is 48.4 cm³/mol. The maximum Gasteiger partial charge on any atom is 0.310 e. The summed E-state index contributed by atoms with van der Waals surface area (Å²) >= 11 is 0. The lowest BCUT2D eigenvalue weighted by atomic mass is 10.1. The summed E-state index contributed by atoms with van der Waals surface area (Å²) < 4.78 is 4.75. The van der Waals surface area contributed by atoms with Gasteiger partial charge in [0.1, 0.15) is 0 Å². The van der Waals surface area contributed by atoms with Crippen molar-refractivity contribution in [1.82, 2.24) is 10.2 Å². The molecule has 0 aromatic carbocycles. The van der Waals surface area contributed by atoms with Gasteiger partial charge in [-0.15, -0.1) is 0 Å². The molecule has 0 radical (unpaired) electrons. The molecule has 0 unspecified atom stereocenters. The van der Waals surface area contributed by atoms with Gasteiger partial charge in [-0.1, -0.05) is 0 Å². The van der Waals surface area contributed by atoms with Crippen molar-refractivity contribution in [3.05, 3.63) is 0 Å². The summed E-state index contributed by atoms with van der Waals surface area (Å²) in [4.78, 5) is 13.7. The molecule has 0 spiro atoms. The van der Waals surface area contributed by atoms with Crippen LogP contribution in [0, 0.1) is 5.92 Å². The first-order valence-corrected chi connectivity index (χ1v) is 4.84. The number of carbonyl (C=O) groups excluding carboxylic acids is 1. The molecule has 0 aromatic heterocycles. The van der Waals surface area contributed by atoms with Gasteiger partial charge in [0.05, 0.1) is 13.0 Å². The Morgan fingerprint density at radius 2 is 2.46 bits per heavy atom. The molecule has 2 saturated heterocycles. The van der Waals surface area contributed by atoms with Crippen LogP contribution in [-0.2, 0) is 9.53 Å². The first-order chi connectivity index (χ1) is 6.31. The highest BCUT2D eigenvalue weighted by atomic mass is 16.5. The van der Waals surface area contributed by atoms with Crippen molar-refractivity contribution in [2.75, 3.05) is 33.3 Å². The normalized spacial score (nSPS) is 34.2. The Hall–Kier alpha value is -0.610. The quantitative estimate of drug-likeness (QED) is 0.555. The van der Waals surface area contributed by atoms with E-state index in [0.717, 1.165) is 32.6 Å². The van der Waals surface area contributed by atoms with Crippen LogP contribution in [0.1, 0.15) is 6.42 Å². The van der Waals surface area contributed by atoms with Crippen molar-refractivity contribution in [3.8, 4) is 0 Å². The van der Waals surface area contributed by atoms with E-state index in [1.807, 2.05) is 0 Å². The average molecular weight is 184 g/mol. The van der Waals surface area contributed by atoms with Crippen molar-refractivity contribution in [2.45, 2.75) is 12.5 Å². The van der Waals surface area contributed by atoms with Crippen LogP contribution in [-0.4, -0.2) is 50.2 Å². The first-order valence-electron chi connectivity index (χ1n) is 4.84. The minimum Gasteiger partial charge on any atom is -0.469 e. The molecule has 4 nitrogen and oxygen atoms in total. The molecule has 0 aromatic rings. The summed E-state index contributed by atoms with van der Waals surface area (Å²) in [6.45, 7) is 4.02. The number of nitrogens with one attached hydrogen (secondary N) is 1. The fourth-order valence-electron chi connectivity index (χ4n) is 2.30. The van der Waals surface area contributed by atoms with Crippen LogP contribution in [0.15, 0.2) is 0 Å². The first kappa shape index (κ1) is 8.97. The van der Waals surface area contributed by atoms with Crippen LogP contribution in [0.5, 0.6) is 0 Å². The molecule has 13 heavy (non-hydrogen) atoms. The number of methoxy groups -OCH3 is 1. The van der Waals surface area contributed by atoms with Gasteiger partial charge in [0.2, 0.25) is 0 Å². The number of nitrogens with zero attached hydrogens (tertiary/aromatic N) is 1. The average Bonchev–Trinajstić information content (AvgIpc) is 2.59. The molecule has 4 heteroatoms. The van der Waals surface area contributed by atoms with E-state index >= 15 is 0 Å². The Bertz CT molecular complexity index is 194. The Balaban J connectivity index is 1.94. The lowest BCUT2D eigenvalue weighted by molar-refractivity contribution is -0.144. The maximum absolute atomic E-state index is 11.3. The molecular formula is C9H16N2O2. The number of piperazine rings is 1. The van der Waals surface area contributed by atoms with Gasteiger partial charge in [0.25, 0.3) is 0 Å². The number of ether oxygens (including phenoxy) is 1. The third-order valence-corrected chi connectivity index (χ3v) is 3.02. The zero-order valence-electron chi connectivity index (χ0n) is 7.95. The van der Waals surface area contributed by atoms with Gasteiger partial charge in [-0.05, 0) is 6.42 Å². The molecule has 0 amide bonds. The second-order valence-electron chi connectivity index (χ2n) is 3.81. The molecule has 2 atom stereocenters. The van der Waals surface area contributed by atoms with Crippen LogP contribution in [0.25, 0.3) is 0 Å². The lowest BCUT2D eigenvalue weighted by Crippen LogP contribution is -2.47. The Labute approximate surface area is 78.2 Å². The third kappa shape index (κ3) is 1.69. The predicted octanol–water partition coefficient (Wildman–Crippen LogP) is -0.547. The topological polar surface area (TPSA) is 41.6 Å². The van der Waals surface area contributed by atoms with E-state index in [9.17, 15) is 4.79 Å². The fourth-order valence-corrected chi connectivity index (χ4v) is 2.30. The molecule has 2 heterocycles. The number of esters is 1. The highest BCUT2D eigenvalue weighted by molar-refractivity contribution is 5.73. The highest BCUT2D eigenvalue weighted by Crippen LogP contribution is 2.24. The molecular weight excluding hydrogens is 168 g/mol. The Morgan fingerprint density at radius 3 is 3.15 bits per heavy atom. The van der Waals surface area contributed by atoms with Crippen LogP contribution < -0.4 is 5.32 Å². The molecule has 0 saturated carbocycles. The molecule has 2 rings (SSSR count). The van der Waals surface area contributed by atoms with E-state index in [1.165, 1.54) is 7.11 Å². The minimum atomic E-state index is -0.0469. The van der Waals surface area contributed by atoms with Gasteiger partial charge in [-0.2, -0.15) is 0 Å². The maximum atomic E-state index is 11.3. The van der Waals surface area contributed by atoms with Crippen LogP contribution >= 0.6 is 0 Å². The summed E-state index contributed by atoms with van der Waals surface area (Å²) in [6, 6.07) is 0.554. The van der Waals surface area contributed by atoms with Crippen LogP contribution in [0.3, 0.4) is 0 Å². The van der Waals surface area contributed by atoms with E-state index < -0.39 is 0 Å². The van der Waals surface area contributed by atoms with Crippen molar-refractivity contribution >= 4 is 5.97 Å². The zero-order valence-corrected chi connectivity index (χ0v) is 7.95. The molecule has 2 aliphatic rings. The molecule has 2 fully saturated rings. The van der Waals surface area contributed by atoms with E-state index in [-0.39, 0.29) is 11.9 Å². The summed E-state index contributed by atoms with van der Waals surface area (Å²) in [7, 11) is 1.47. The van der Waals surface area contributed by atoms with Crippen molar-refractivity contribution in [1.29, 1.82) is 0 Å². The Kier molecular flexibility index (Phi) is 2.51. The second-order valence-corrected chi connectivity index (χ2v) is 3.81. The largest absolute Gasteiger partial charge is 0.469 e. The molecule has 74 valence electrons. The van der Waals surface area contributed by atoms with Gasteiger partial charge in [0, 0.05) is 32.2 Å². The molecule has 1 N–H and O–H groups in total. The van der Waals surface area contributed by atoms with Crippen molar-refractivity contribution < 1.29 is 9.53 Å². The van der Waals surface area contributed by atoms with Gasteiger partial charge in [-0.3, -0.25) is 9.69 Å². The SMILES string of the molecule is COC(=O)[C@@H]1C[C@H]2CNCCN2C1.